The second-order valence-corrected chi connectivity index (χ2v) is 2.47. The van der Waals surface area contributed by atoms with Crippen LogP contribution in [0.2, 0.25) is 0 Å². The van der Waals surface area contributed by atoms with E-state index < -0.39 is 0 Å². The van der Waals surface area contributed by atoms with E-state index in [-0.39, 0.29) is 6.10 Å². The zero-order chi connectivity index (χ0) is 8.10. The lowest BCUT2D eigenvalue weighted by molar-refractivity contribution is 0.106. The van der Waals surface area contributed by atoms with Crippen LogP contribution < -0.4 is 0 Å². The van der Waals surface area contributed by atoms with Crippen molar-refractivity contribution in [2.45, 2.75) is 12.5 Å². The first-order chi connectivity index (χ1) is 5.38. The van der Waals surface area contributed by atoms with Gasteiger partial charge in [-0.05, 0) is 6.42 Å². The highest BCUT2D eigenvalue weighted by molar-refractivity contribution is 5.19. The standard InChI is InChI=1S/C10H13O/c1-3-6-10(11-2)9-7-4-5-8-9/h3-5,7-8,10H,1,6H2,2H3/q-1. The molecule has 0 spiro atoms. The summed E-state index contributed by atoms with van der Waals surface area (Å²) in [5.74, 6) is 0. The van der Waals surface area contributed by atoms with Crippen molar-refractivity contribution in [2.24, 2.45) is 0 Å². The molecule has 0 saturated heterocycles. The van der Waals surface area contributed by atoms with Crippen LogP contribution in [0.15, 0.2) is 36.9 Å². The summed E-state index contributed by atoms with van der Waals surface area (Å²) in [7, 11) is 1.72. The van der Waals surface area contributed by atoms with Crippen LogP contribution in [0.5, 0.6) is 0 Å². The predicted molar refractivity (Wildman–Crippen MR) is 46.6 cm³/mol. The van der Waals surface area contributed by atoms with Gasteiger partial charge in [0.2, 0.25) is 0 Å². The van der Waals surface area contributed by atoms with Gasteiger partial charge in [0, 0.05) is 13.2 Å². The van der Waals surface area contributed by atoms with Gasteiger partial charge in [-0.2, -0.15) is 23.8 Å². The van der Waals surface area contributed by atoms with Crippen molar-refractivity contribution < 1.29 is 4.74 Å². The molecule has 0 bridgehead atoms. The fourth-order valence-corrected chi connectivity index (χ4v) is 1.12. The van der Waals surface area contributed by atoms with Crippen molar-refractivity contribution in [3.8, 4) is 0 Å². The maximum atomic E-state index is 5.26. The third-order valence-electron chi connectivity index (χ3n) is 1.73. The van der Waals surface area contributed by atoms with Gasteiger partial charge < -0.3 is 4.74 Å². The van der Waals surface area contributed by atoms with E-state index in [1.807, 2.05) is 18.2 Å². The van der Waals surface area contributed by atoms with Crippen molar-refractivity contribution in [1.29, 1.82) is 0 Å². The molecule has 1 aromatic carbocycles. The van der Waals surface area contributed by atoms with E-state index in [4.69, 9.17) is 4.74 Å². The average molecular weight is 149 g/mol. The maximum Gasteiger partial charge on any atom is 0.0348 e. The number of methoxy groups -OCH3 is 1. The van der Waals surface area contributed by atoms with Crippen molar-refractivity contribution in [3.05, 3.63) is 42.5 Å². The minimum absolute atomic E-state index is 0.183. The molecule has 0 fully saturated rings. The fourth-order valence-electron chi connectivity index (χ4n) is 1.12. The molecule has 0 aliphatic rings. The van der Waals surface area contributed by atoms with Crippen LogP contribution in [0.1, 0.15) is 18.1 Å². The summed E-state index contributed by atoms with van der Waals surface area (Å²) in [5, 5.41) is 0. The molecule has 0 saturated carbocycles. The number of hydrogen-bond donors (Lipinski definition) is 0. The first-order valence-electron chi connectivity index (χ1n) is 3.73. The van der Waals surface area contributed by atoms with E-state index in [0.29, 0.717) is 0 Å². The van der Waals surface area contributed by atoms with Gasteiger partial charge in [-0.1, -0.05) is 6.08 Å². The molecule has 11 heavy (non-hydrogen) atoms. The van der Waals surface area contributed by atoms with Crippen LogP contribution in [0.3, 0.4) is 0 Å². The molecule has 1 rings (SSSR count). The average Bonchev–Trinajstić information content (AvgIpc) is 2.52. The Balaban J connectivity index is 2.62. The lowest BCUT2D eigenvalue weighted by atomic mass is 10.1. The van der Waals surface area contributed by atoms with E-state index in [1.165, 1.54) is 5.56 Å². The Morgan fingerprint density at radius 3 is 3.09 bits per heavy atom. The molecule has 1 heteroatoms. The molecular formula is C10H13O-. The lowest BCUT2D eigenvalue weighted by Crippen LogP contribution is -1.97. The summed E-state index contributed by atoms with van der Waals surface area (Å²) in [6.07, 6.45) is 2.93. The molecule has 0 aromatic heterocycles. The summed E-state index contributed by atoms with van der Waals surface area (Å²) in [6.45, 7) is 3.68. The monoisotopic (exact) mass is 149 g/mol. The van der Waals surface area contributed by atoms with Gasteiger partial charge in [0.15, 0.2) is 0 Å². The Bertz CT molecular complexity index is 199. The Kier molecular flexibility index (Phi) is 2.99. The van der Waals surface area contributed by atoms with Crippen LogP contribution in [0.4, 0.5) is 0 Å². The van der Waals surface area contributed by atoms with E-state index in [0.717, 1.165) is 6.42 Å². The van der Waals surface area contributed by atoms with Crippen LogP contribution in [-0.2, 0) is 4.74 Å². The van der Waals surface area contributed by atoms with Crippen LogP contribution in [0, 0.1) is 0 Å². The Morgan fingerprint density at radius 2 is 2.64 bits per heavy atom. The largest absolute Gasteiger partial charge is 0.390 e. The molecule has 1 unspecified atom stereocenters. The van der Waals surface area contributed by atoms with Gasteiger partial charge in [-0.25, -0.2) is 6.07 Å². The smallest absolute Gasteiger partial charge is 0.0348 e. The molecule has 0 radical (unpaired) electrons. The molecule has 60 valence electrons. The van der Waals surface area contributed by atoms with Crippen LogP contribution >= 0.6 is 0 Å². The van der Waals surface area contributed by atoms with Crippen molar-refractivity contribution in [3.63, 3.8) is 0 Å². The van der Waals surface area contributed by atoms with Gasteiger partial charge in [0.1, 0.15) is 0 Å². The third kappa shape index (κ3) is 1.99. The van der Waals surface area contributed by atoms with Gasteiger partial charge in [0.05, 0.1) is 0 Å². The van der Waals surface area contributed by atoms with Gasteiger partial charge in [0.25, 0.3) is 0 Å². The predicted octanol–water partition coefficient (Wildman–Crippen LogP) is 2.67. The first kappa shape index (κ1) is 8.15. The molecule has 1 aromatic rings. The van der Waals surface area contributed by atoms with E-state index in [1.54, 1.807) is 7.11 Å². The molecular weight excluding hydrogens is 136 g/mol. The third-order valence-corrected chi connectivity index (χ3v) is 1.73. The van der Waals surface area contributed by atoms with Gasteiger partial charge in [-0.3, -0.25) is 0 Å². The summed E-state index contributed by atoms with van der Waals surface area (Å²) < 4.78 is 5.26. The highest BCUT2D eigenvalue weighted by Gasteiger charge is 1.99. The van der Waals surface area contributed by atoms with E-state index >= 15 is 0 Å². The number of ether oxygens (including phenoxy) is 1. The molecule has 0 amide bonds. The highest BCUT2D eigenvalue weighted by Crippen LogP contribution is 2.20. The molecule has 1 atom stereocenters. The zero-order valence-electron chi connectivity index (χ0n) is 6.79. The fraction of sp³-hybridized carbons (Fsp3) is 0.300. The minimum Gasteiger partial charge on any atom is -0.390 e. The number of hydrogen-bond acceptors (Lipinski definition) is 1. The van der Waals surface area contributed by atoms with E-state index in [2.05, 4.69) is 18.7 Å². The maximum absolute atomic E-state index is 5.26. The summed E-state index contributed by atoms with van der Waals surface area (Å²) >= 11 is 0. The molecule has 0 aliphatic carbocycles. The molecule has 1 nitrogen and oxygen atoms in total. The Morgan fingerprint density at radius 1 is 1.82 bits per heavy atom. The quantitative estimate of drug-likeness (QED) is 0.472. The topological polar surface area (TPSA) is 9.23 Å². The van der Waals surface area contributed by atoms with E-state index in [9.17, 15) is 0 Å². The molecule has 0 aliphatic heterocycles. The van der Waals surface area contributed by atoms with Crippen LogP contribution in [0.25, 0.3) is 0 Å². The van der Waals surface area contributed by atoms with Crippen molar-refractivity contribution in [2.75, 3.05) is 7.11 Å². The number of rotatable bonds is 4. The van der Waals surface area contributed by atoms with Gasteiger partial charge >= 0.3 is 0 Å². The van der Waals surface area contributed by atoms with Crippen molar-refractivity contribution in [1.82, 2.24) is 0 Å². The lowest BCUT2D eigenvalue weighted by Gasteiger charge is -2.16. The zero-order valence-corrected chi connectivity index (χ0v) is 6.79. The minimum atomic E-state index is 0.183. The van der Waals surface area contributed by atoms with Gasteiger partial charge in [-0.15, -0.1) is 6.58 Å². The SMILES string of the molecule is C=CCC(OC)c1cc[cH-]c1. The summed E-state index contributed by atoms with van der Waals surface area (Å²) in [4.78, 5) is 0. The summed E-state index contributed by atoms with van der Waals surface area (Å²) in [5.41, 5.74) is 1.23. The van der Waals surface area contributed by atoms with Crippen LogP contribution in [-0.4, -0.2) is 7.11 Å². The van der Waals surface area contributed by atoms with Crippen molar-refractivity contribution >= 4 is 0 Å². The highest BCUT2D eigenvalue weighted by atomic mass is 16.5. The summed E-state index contributed by atoms with van der Waals surface area (Å²) in [6, 6.07) is 8.17. The normalized spacial score (nSPS) is 12.8. The molecule has 0 N–H and O–H groups in total. The second kappa shape index (κ2) is 4.04. The Labute approximate surface area is 67.7 Å². The second-order valence-electron chi connectivity index (χ2n) is 2.47. The Hall–Kier alpha value is -0.950. The first-order valence-corrected chi connectivity index (χ1v) is 3.73. The molecule has 0 heterocycles.